The molecule has 0 atom stereocenters. The highest BCUT2D eigenvalue weighted by atomic mass is 16.3. The van der Waals surface area contributed by atoms with Gasteiger partial charge < -0.3 is 5.11 Å². The lowest BCUT2D eigenvalue weighted by Gasteiger charge is -2.24. The number of benzene rings is 2. The largest absolute Gasteiger partial charge is 0.508 e. The third-order valence-electron chi connectivity index (χ3n) is 3.47. The monoisotopic (exact) mass is 263 g/mol. The Morgan fingerprint density at radius 2 is 1.85 bits per heavy atom. The number of hydrogen-bond acceptors (Lipinski definition) is 4. The van der Waals surface area contributed by atoms with E-state index < -0.39 is 0 Å². The van der Waals surface area contributed by atoms with Crippen LogP contribution in [0.1, 0.15) is 11.1 Å². The first-order valence-corrected chi connectivity index (χ1v) is 6.44. The molecule has 0 bridgehead atoms. The van der Waals surface area contributed by atoms with Crippen LogP contribution in [0.5, 0.6) is 5.75 Å². The third-order valence-corrected chi connectivity index (χ3v) is 3.47. The molecule has 4 nitrogen and oxygen atoms in total. The first-order chi connectivity index (χ1) is 9.81. The normalized spacial score (nSPS) is 15.9. The Bertz CT molecular complexity index is 736. The highest BCUT2D eigenvalue weighted by Crippen LogP contribution is 2.33. The summed E-state index contributed by atoms with van der Waals surface area (Å²) in [5, 5.41) is 13.4. The zero-order chi connectivity index (χ0) is 13.5. The number of phenols is 1. The van der Waals surface area contributed by atoms with Gasteiger partial charge in [-0.25, -0.2) is 0 Å². The van der Waals surface area contributed by atoms with Gasteiger partial charge in [0.1, 0.15) is 5.75 Å². The minimum atomic E-state index is 0.253. The van der Waals surface area contributed by atoms with Crippen LogP contribution >= 0.6 is 0 Å². The Morgan fingerprint density at radius 3 is 2.75 bits per heavy atom. The van der Waals surface area contributed by atoms with E-state index in [-0.39, 0.29) is 5.75 Å². The van der Waals surface area contributed by atoms with Crippen LogP contribution in [-0.4, -0.2) is 10.1 Å². The van der Waals surface area contributed by atoms with E-state index in [9.17, 15) is 5.11 Å². The highest BCUT2D eigenvalue weighted by molar-refractivity contribution is 5.80. The van der Waals surface area contributed by atoms with Crippen molar-refractivity contribution in [3.8, 4) is 5.75 Å². The number of hydrazine groups is 2. The van der Waals surface area contributed by atoms with E-state index in [4.69, 9.17) is 0 Å². The molecule has 2 N–H and O–H groups in total. The number of aromatic hydroxyl groups is 1. The van der Waals surface area contributed by atoms with Gasteiger partial charge in [-0.1, -0.05) is 30.3 Å². The third kappa shape index (κ3) is 1.66. The molecule has 0 amide bonds. The maximum absolute atomic E-state index is 9.59. The fourth-order valence-corrected chi connectivity index (χ4v) is 2.50. The lowest BCUT2D eigenvalue weighted by atomic mass is 10.0. The van der Waals surface area contributed by atoms with Crippen LogP contribution in [-0.2, 0) is 0 Å². The molecule has 2 aliphatic rings. The second-order valence-electron chi connectivity index (χ2n) is 4.78. The van der Waals surface area contributed by atoms with E-state index in [1.165, 1.54) is 11.1 Å². The van der Waals surface area contributed by atoms with Crippen LogP contribution in [0.4, 0.5) is 5.69 Å². The van der Waals surface area contributed by atoms with Crippen molar-refractivity contribution in [2.24, 2.45) is 0 Å². The van der Waals surface area contributed by atoms with Crippen LogP contribution in [0.25, 0.3) is 11.8 Å². The maximum Gasteiger partial charge on any atom is 0.117 e. The molecule has 2 aromatic rings. The molecule has 0 saturated carbocycles. The number of rotatable bonds is 1. The zero-order valence-corrected chi connectivity index (χ0v) is 10.7. The van der Waals surface area contributed by atoms with Gasteiger partial charge in [-0.05, 0) is 23.8 Å². The molecule has 0 aliphatic carbocycles. The summed E-state index contributed by atoms with van der Waals surface area (Å²) in [6.07, 6.45) is 6.10. The van der Waals surface area contributed by atoms with Crippen molar-refractivity contribution in [3.63, 3.8) is 0 Å². The number of nitrogens with zero attached hydrogens (tertiary/aromatic N) is 2. The predicted octanol–water partition coefficient (Wildman–Crippen LogP) is 2.92. The maximum atomic E-state index is 9.59. The molecule has 4 rings (SSSR count). The van der Waals surface area contributed by atoms with Gasteiger partial charge in [0.15, 0.2) is 0 Å². The fourth-order valence-electron chi connectivity index (χ4n) is 2.50. The lowest BCUT2D eigenvalue weighted by Crippen LogP contribution is -2.37. The Labute approximate surface area is 116 Å². The topological polar surface area (TPSA) is 38.7 Å². The van der Waals surface area contributed by atoms with Crippen LogP contribution in [0.15, 0.2) is 60.9 Å². The SMILES string of the molecule is Oc1cccc(N2C=C3c4ccccc4C=CN3N2)c1. The van der Waals surface area contributed by atoms with Crippen molar-refractivity contribution in [2.45, 2.75) is 0 Å². The Morgan fingerprint density at radius 1 is 0.950 bits per heavy atom. The molecule has 0 aromatic heterocycles. The summed E-state index contributed by atoms with van der Waals surface area (Å²) in [6, 6.07) is 15.4. The Balaban J connectivity index is 1.77. The average molecular weight is 263 g/mol. The summed E-state index contributed by atoms with van der Waals surface area (Å²) in [5.74, 6) is 0.253. The van der Waals surface area contributed by atoms with Crippen molar-refractivity contribution in [2.75, 3.05) is 5.01 Å². The summed E-state index contributed by atoms with van der Waals surface area (Å²) in [7, 11) is 0. The standard InChI is InChI=1S/C16H13N3O/c20-14-6-3-5-13(10-14)19-11-16-15-7-2-1-4-12(15)8-9-18(16)17-19/h1-11,17,20H. The quantitative estimate of drug-likeness (QED) is 0.829. The molecule has 0 radical (unpaired) electrons. The van der Waals surface area contributed by atoms with Crippen molar-refractivity contribution in [1.29, 1.82) is 0 Å². The molecule has 0 unspecified atom stereocenters. The smallest absolute Gasteiger partial charge is 0.117 e. The van der Waals surface area contributed by atoms with E-state index in [1.807, 2.05) is 46.7 Å². The van der Waals surface area contributed by atoms with Crippen molar-refractivity contribution >= 4 is 17.5 Å². The van der Waals surface area contributed by atoms with Gasteiger partial charge in [0.2, 0.25) is 0 Å². The number of fused-ring (bicyclic) bond motifs is 3. The van der Waals surface area contributed by atoms with E-state index in [0.29, 0.717) is 0 Å². The first kappa shape index (κ1) is 11.1. The molecule has 4 heteroatoms. The number of nitrogens with one attached hydrogen (secondary N) is 1. The first-order valence-electron chi connectivity index (χ1n) is 6.44. The molecule has 20 heavy (non-hydrogen) atoms. The molecule has 0 fully saturated rings. The highest BCUT2D eigenvalue weighted by Gasteiger charge is 2.25. The van der Waals surface area contributed by atoms with Crippen LogP contribution in [0.2, 0.25) is 0 Å². The summed E-state index contributed by atoms with van der Waals surface area (Å²) < 4.78 is 0. The van der Waals surface area contributed by atoms with Crippen LogP contribution in [0.3, 0.4) is 0 Å². The van der Waals surface area contributed by atoms with E-state index >= 15 is 0 Å². The molecule has 98 valence electrons. The van der Waals surface area contributed by atoms with Gasteiger partial charge >= 0.3 is 0 Å². The van der Waals surface area contributed by atoms with E-state index in [2.05, 4.69) is 23.7 Å². The van der Waals surface area contributed by atoms with Crippen molar-refractivity contribution in [3.05, 3.63) is 72.1 Å². The van der Waals surface area contributed by atoms with E-state index in [0.717, 1.165) is 11.4 Å². The molecule has 2 aliphatic heterocycles. The molecular formula is C16H13N3O. The Kier molecular flexibility index (Phi) is 2.31. The van der Waals surface area contributed by atoms with Crippen LogP contribution < -0.4 is 10.5 Å². The van der Waals surface area contributed by atoms with Gasteiger partial charge in [-0.2, -0.15) is 0 Å². The molecule has 0 saturated heterocycles. The Hall–Kier alpha value is -2.72. The van der Waals surface area contributed by atoms with Crippen molar-refractivity contribution in [1.82, 2.24) is 10.5 Å². The average Bonchev–Trinajstić information content (AvgIpc) is 2.92. The summed E-state index contributed by atoms with van der Waals surface area (Å²) in [4.78, 5) is 0. The van der Waals surface area contributed by atoms with E-state index in [1.54, 1.807) is 12.1 Å². The summed E-state index contributed by atoms with van der Waals surface area (Å²) in [5.41, 5.74) is 7.62. The van der Waals surface area contributed by atoms with Crippen LogP contribution in [0, 0.1) is 0 Å². The second kappa shape index (κ2) is 4.15. The number of hydrogen-bond donors (Lipinski definition) is 2. The summed E-state index contributed by atoms with van der Waals surface area (Å²) >= 11 is 0. The van der Waals surface area contributed by atoms with Gasteiger partial charge in [0.25, 0.3) is 0 Å². The number of phenolic OH excluding ortho intramolecular Hbond substituents is 1. The predicted molar refractivity (Wildman–Crippen MR) is 79.0 cm³/mol. The molecule has 0 spiro atoms. The molecule has 2 aromatic carbocycles. The molecular weight excluding hydrogens is 250 g/mol. The fraction of sp³-hybridized carbons (Fsp3) is 0. The zero-order valence-electron chi connectivity index (χ0n) is 10.7. The van der Waals surface area contributed by atoms with Gasteiger partial charge in [0, 0.05) is 24.0 Å². The van der Waals surface area contributed by atoms with Crippen molar-refractivity contribution < 1.29 is 5.11 Å². The second-order valence-corrected chi connectivity index (χ2v) is 4.78. The van der Waals surface area contributed by atoms with Gasteiger partial charge in [0.05, 0.1) is 11.4 Å². The minimum Gasteiger partial charge on any atom is -0.508 e. The summed E-state index contributed by atoms with van der Waals surface area (Å²) in [6.45, 7) is 0. The molecule has 2 heterocycles. The van der Waals surface area contributed by atoms with Gasteiger partial charge in [-0.3, -0.25) is 10.0 Å². The lowest BCUT2D eigenvalue weighted by molar-refractivity contribution is 0.416. The van der Waals surface area contributed by atoms with Gasteiger partial charge in [-0.15, -0.1) is 5.53 Å². The number of anilines is 1. The minimum absolute atomic E-state index is 0.253.